The maximum Gasteiger partial charge on any atom is 0.265 e. The molecule has 0 unspecified atom stereocenters. The van der Waals surface area contributed by atoms with Crippen LogP contribution in [0.3, 0.4) is 0 Å². The van der Waals surface area contributed by atoms with Crippen molar-refractivity contribution in [3.05, 3.63) is 40.4 Å². The van der Waals surface area contributed by atoms with Gasteiger partial charge in [0.1, 0.15) is 9.88 Å². The van der Waals surface area contributed by atoms with E-state index in [1.54, 1.807) is 0 Å². The number of hydrogen-bond acceptors (Lipinski definition) is 4. The predicted molar refractivity (Wildman–Crippen MR) is 123 cm³/mol. The van der Waals surface area contributed by atoms with Gasteiger partial charge in [-0.1, -0.05) is 43.7 Å². The van der Waals surface area contributed by atoms with Gasteiger partial charge in [0.05, 0.1) is 5.69 Å². The number of likely N-dealkylation sites (tertiary alicyclic amines) is 1. The summed E-state index contributed by atoms with van der Waals surface area (Å²) in [5.41, 5.74) is 3.06. The Bertz CT molecular complexity index is 865. The van der Waals surface area contributed by atoms with Gasteiger partial charge in [-0.2, -0.15) is 0 Å². The lowest BCUT2D eigenvalue weighted by Crippen LogP contribution is -2.39. The van der Waals surface area contributed by atoms with E-state index in [-0.39, 0.29) is 11.8 Å². The predicted octanol–water partition coefficient (Wildman–Crippen LogP) is 4.83. The number of benzene rings is 1. The Morgan fingerprint density at radius 2 is 1.83 bits per heavy atom. The highest BCUT2D eigenvalue weighted by atomic mass is 32.1. The van der Waals surface area contributed by atoms with Crippen LogP contribution in [0.5, 0.6) is 0 Å². The summed E-state index contributed by atoms with van der Waals surface area (Å²) in [4.78, 5) is 32.5. The topological polar surface area (TPSA) is 62.3 Å². The fourth-order valence-corrected chi connectivity index (χ4v) is 4.77. The number of carbonyl (C=O) groups excluding carboxylic acids is 2. The molecule has 162 valence electrons. The van der Waals surface area contributed by atoms with Crippen LogP contribution < -0.4 is 5.32 Å². The van der Waals surface area contributed by atoms with E-state index >= 15 is 0 Å². The molecule has 0 radical (unpaired) electrons. The molecule has 5 nitrogen and oxygen atoms in total. The van der Waals surface area contributed by atoms with E-state index in [1.807, 2.05) is 11.8 Å². The van der Waals surface area contributed by atoms with Crippen LogP contribution in [0.25, 0.3) is 10.6 Å². The fraction of sp³-hybridized carbons (Fsp3) is 0.542. The number of piperidine rings is 1. The quantitative estimate of drug-likeness (QED) is 0.688. The molecule has 0 spiro atoms. The van der Waals surface area contributed by atoms with E-state index in [0.717, 1.165) is 46.9 Å². The third kappa shape index (κ3) is 5.91. The lowest BCUT2D eigenvalue weighted by molar-refractivity contribution is -0.122. The van der Waals surface area contributed by atoms with E-state index in [2.05, 4.69) is 55.3 Å². The van der Waals surface area contributed by atoms with Crippen molar-refractivity contribution in [3.63, 3.8) is 0 Å². The maximum absolute atomic E-state index is 13.1. The summed E-state index contributed by atoms with van der Waals surface area (Å²) < 4.78 is 0. The van der Waals surface area contributed by atoms with Crippen molar-refractivity contribution >= 4 is 23.2 Å². The highest BCUT2D eigenvalue weighted by Gasteiger charge is 2.27. The van der Waals surface area contributed by atoms with E-state index < -0.39 is 0 Å². The van der Waals surface area contributed by atoms with Gasteiger partial charge in [-0.3, -0.25) is 9.59 Å². The molecule has 1 saturated heterocycles. The van der Waals surface area contributed by atoms with Crippen molar-refractivity contribution in [2.45, 2.75) is 53.4 Å². The van der Waals surface area contributed by atoms with Crippen LogP contribution in [-0.4, -0.2) is 41.3 Å². The molecule has 1 N–H and O–H groups in total. The first kappa shape index (κ1) is 22.5. The molecule has 2 heterocycles. The van der Waals surface area contributed by atoms with E-state index in [1.165, 1.54) is 16.9 Å². The Hall–Kier alpha value is -2.21. The Morgan fingerprint density at radius 3 is 2.47 bits per heavy atom. The number of nitrogens with zero attached hydrogens (tertiary/aromatic N) is 2. The summed E-state index contributed by atoms with van der Waals surface area (Å²) >= 11 is 1.48. The molecule has 2 aromatic rings. The van der Waals surface area contributed by atoms with Gasteiger partial charge in [0, 0.05) is 31.6 Å². The smallest absolute Gasteiger partial charge is 0.265 e. The molecular formula is C24H33N3O2S. The minimum absolute atomic E-state index is 0.0724. The van der Waals surface area contributed by atoms with Crippen LogP contribution in [0.15, 0.2) is 24.3 Å². The van der Waals surface area contributed by atoms with Gasteiger partial charge in [-0.25, -0.2) is 4.98 Å². The molecule has 3 rings (SSSR count). The molecule has 2 amide bonds. The normalized spacial score (nSPS) is 14.9. The van der Waals surface area contributed by atoms with Crippen molar-refractivity contribution < 1.29 is 9.59 Å². The number of aryl methyl sites for hydroxylation is 2. The summed E-state index contributed by atoms with van der Waals surface area (Å²) in [6.45, 7) is 10.5. The first-order valence-electron chi connectivity index (χ1n) is 10.9. The summed E-state index contributed by atoms with van der Waals surface area (Å²) in [6, 6.07) is 8.24. The van der Waals surface area contributed by atoms with E-state index in [4.69, 9.17) is 0 Å². The number of carbonyl (C=O) groups is 2. The van der Waals surface area contributed by atoms with Gasteiger partial charge < -0.3 is 10.2 Å². The van der Waals surface area contributed by atoms with Crippen LogP contribution in [0.2, 0.25) is 0 Å². The number of hydrogen-bond donors (Lipinski definition) is 1. The van der Waals surface area contributed by atoms with Crippen LogP contribution in [0.1, 0.15) is 60.5 Å². The molecule has 1 aliphatic heterocycles. The molecule has 6 heteroatoms. The second-order valence-electron chi connectivity index (χ2n) is 8.77. The van der Waals surface area contributed by atoms with Crippen molar-refractivity contribution in [1.82, 2.24) is 15.2 Å². The molecule has 1 fully saturated rings. The molecule has 0 bridgehead atoms. The minimum atomic E-state index is 0.0724. The van der Waals surface area contributed by atoms with Crippen molar-refractivity contribution in [2.24, 2.45) is 11.8 Å². The van der Waals surface area contributed by atoms with Gasteiger partial charge >= 0.3 is 0 Å². The number of nitrogens with one attached hydrogen (secondary N) is 1. The average Bonchev–Trinajstić information content (AvgIpc) is 3.10. The molecule has 1 aliphatic rings. The summed E-state index contributed by atoms with van der Waals surface area (Å²) in [5, 5.41) is 3.92. The zero-order valence-corrected chi connectivity index (χ0v) is 19.3. The van der Waals surface area contributed by atoms with Crippen LogP contribution in [0, 0.1) is 25.7 Å². The molecule has 1 aromatic carbocycles. The third-order valence-electron chi connectivity index (χ3n) is 5.71. The fourth-order valence-electron chi connectivity index (χ4n) is 3.73. The summed E-state index contributed by atoms with van der Waals surface area (Å²) in [7, 11) is 0. The molecule has 0 saturated carbocycles. The SMILES string of the molecule is Cc1ccc(-c2nc(C)c(C(=O)N3CCC(CC(=O)NCCC(C)C)CC3)s2)cc1. The minimum Gasteiger partial charge on any atom is -0.356 e. The maximum atomic E-state index is 13.1. The van der Waals surface area contributed by atoms with Gasteiger partial charge in [-0.15, -0.1) is 11.3 Å². The lowest BCUT2D eigenvalue weighted by Gasteiger charge is -2.31. The Kier molecular flexibility index (Phi) is 7.64. The first-order valence-corrected chi connectivity index (χ1v) is 11.8. The number of thiazole rings is 1. The second kappa shape index (κ2) is 10.2. The Balaban J connectivity index is 1.53. The standard InChI is InChI=1S/C24H33N3O2S/c1-16(2)9-12-25-21(28)15-19-10-13-27(14-11-19)24(29)22-18(4)26-23(30-22)20-7-5-17(3)6-8-20/h5-8,16,19H,9-15H2,1-4H3,(H,25,28). The summed E-state index contributed by atoms with van der Waals surface area (Å²) in [5.74, 6) is 1.17. The third-order valence-corrected chi connectivity index (χ3v) is 6.90. The Labute approximate surface area is 183 Å². The number of aromatic nitrogens is 1. The molecular weight excluding hydrogens is 394 g/mol. The Morgan fingerprint density at radius 1 is 1.17 bits per heavy atom. The zero-order valence-electron chi connectivity index (χ0n) is 18.5. The molecule has 0 aliphatic carbocycles. The van der Waals surface area contributed by atoms with Gasteiger partial charge in [0.25, 0.3) is 5.91 Å². The van der Waals surface area contributed by atoms with Gasteiger partial charge in [0.15, 0.2) is 0 Å². The molecule has 0 atom stereocenters. The zero-order chi connectivity index (χ0) is 21.7. The van der Waals surface area contributed by atoms with Crippen LogP contribution in [0.4, 0.5) is 0 Å². The highest BCUT2D eigenvalue weighted by Crippen LogP contribution is 2.30. The van der Waals surface area contributed by atoms with Crippen molar-refractivity contribution in [3.8, 4) is 10.6 Å². The van der Waals surface area contributed by atoms with Gasteiger partial charge in [0.2, 0.25) is 5.91 Å². The van der Waals surface area contributed by atoms with E-state index in [0.29, 0.717) is 31.3 Å². The summed E-state index contributed by atoms with van der Waals surface area (Å²) in [6.07, 6.45) is 3.34. The highest BCUT2D eigenvalue weighted by molar-refractivity contribution is 7.17. The monoisotopic (exact) mass is 427 g/mol. The average molecular weight is 428 g/mol. The van der Waals surface area contributed by atoms with Crippen LogP contribution in [-0.2, 0) is 4.79 Å². The van der Waals surface area contributed by atoms with Crippen molar-refractivity contribution in [2.75, 3.05) is 19.6 Å². The largest absolute Gasteiger partial charge is 0.356 e. The van der Waals surface area contributed by atoms with E-state index in [9.17, 15) is 9.59 Å². The molecule has 1 aromatic heterocycles. The van der Waals surface area contributed by atoms with Crippen molar-refractivity contribution in [1.29, 1.82) is 0 Å². The van der Waals surface area contributed by atoms with Crippen LogP contribution >= 0.6 is 11.3 Å². The number of amides is 2. The first-order chi connectivity index (χ1) is 14.3. The number of rotatable bonds is 7. The lowest BCUT2D eigenvalue weighted by atomic mass is 9.93. The van der Waals surface area contributed by atoms with Gasteiger partial charge in [-0.05, 0) is 44.9 Å². The second-order valence-corrected chi connectivity index (χ2v) is 9.77. The molecule has 30 heavy (non-hydrogen) atoms.